The average molecular weight is 313 g/mol. The zero-order chi connectivity index (χ0) is 16.2. The van der Waals surface area contributed by atoms with Crippen LogP contribution in [0.4, 0.5) is 5.82 Å². The first-order chi connectivity index (χ1) is 11.1. The Kier molecular flexibility index (Phi) is 4.69. The smallest absolute Gasteiger partial charge is 0.316 e. The van der Waals surface area contributed by atoms with E-state index < -0.39 is 0 Å². The van der Waals surface area contributed by atoms with Crippen molar-refractivity contribution < 1.29 is 4.74 Å². The fourth-order valence-electron chi connectivity index (χ4n) is 2.61. The summed E-state index contributed by atoms with van der Waals surface area (Å²) in [4.78, 5) is 19.7. The van der Waals surface area contributed by atoms with Gasteiger partial charge in [-0.05, 0) is 18.6 Å². The van der Waals surface area contributed by atoms with E-state index >= 15 is 0 Å². The van der Waals surface area contributed by atoms with Gasteiger partial charge < -0.3 is 9.64 Å². The third kappa shape index (κ3) is 3.94. The molecule has 1 fully saturated rings. The Morgan fingerprint density at radius 1 is 1.13 bits per heavy atom. The molecule has 23 heavy (non-hydrogen) atoms. The highest BCUT2D eigenvalue weighted by molar-refractivity contribution is 5.38. The van der Waals surface area contributed by atoms with Gasteiger partial charge in [0.25, 0.3) is 0 Å². The van der Waals surface area contributed by atoms with E-state index in [0.29, 0.717) is 11.9 Å². The monoisotopic (exact) mass is 313 g/mol. The third-order valence-electron chi connectivity index (χ3n) is 3.97. The molecular formula is C17H23N5O. The molecule has 2 aromatic heterocycles. The SMILES string of the molecule is Cc1cnc(OC2CCN(c3ccnc(C(C)C)n3)CC2)nc1. The summed E-state index contributed by atoms with van der Waals surface area (Å²) in [6.45, 7) is 8.03. The van der Waals surface area contributed by atoms with Gasteiger partial charge in [0.2, 0.25) is 0 Å². The largest absolute Gasteiger partial charge is 0.460 e. The number of aromatic nitrogens is 4. The molecule has 0 aliphatic carbocycles. The van der Waals surface area contributed by atoms with Crippen molar-refractivity contribution in [3.05, 3.63) is 36.0 Å². The highest BCUT2D eigenvalue weighted by Crippen LogP contribution is 2.21. The molecule has 0 spiro atoms. The van der Waals surface area contributed by atoms with Crippen LogP contribution in [0.3, 0.4) is 0 Å². The van der Waals surface area contributed by atoms with Crippen LogP contribution in [0.1, 0.15) is 44.0 Å². The van der Waals surface area contributed by atoms with E-state index in [1.54, 1.807) is 12.4 Å². The minimum Gasteiger partial charge on any atom is -0.460 e. The van der Waals surface area contributed by atoms with E-state index in [1.165, 1.54) is 0 Å². The molecule has 1 saturated heterocycles. The summed E-state index contributed by atoms with van der Waals surface area (Å²) in [6, 6.07) is 2.45. The van der Waals surface area contributed by atoms with Crippen molar-refractivity contribution in [3.8, 4) is 6.01 Å². The maximum Gasteiger partial charge on any atom is 0.316 e. The second-order valence-corrected chi connectivity index (χ2v) is 6.27. The number of piperidine rings is 1. The van der Waals surface area contributed by atoms with E-state index in [2.05, 4.69) is 38.7 Å². The van der Waals surface area contributed by atoms with E-state index in [-0.39, 0.29) is 6.10 Å². The topological polar surface area (TPSA) is 64.0 Å². The van der Waals surface area contributed by atoms with Gasteiger partial charge in [0.15, 0.2) is 0 Å². The molecule has 0 N–H and O–H groups in total. The Morgan fingerprint density at radius 3 is 2.48 bits per heavy atom. The maximum atomic E-state index is 5.87. The van der Waals surface area contributed by atoms with E-state index in [0.717, 1.165) is 43.1 Å². The second kappa shape index (κ2) is 6.89. The molecule has 3 rings (SSSR count). The van der Waals surface area contributed by atoms with Gasteiger partial charge in [-0.15, -0.1) is 0 Å². The highest BCUT2D eigenvalue weighted by atomic mass is 16.5. The molecule has 6 heteroatoms. The molecular weight excluding hydrogens is 290 g/mol. The standard InChI is InChI=1S/C17H23N5O/c1-12(2)16-18-7-4-15(21-16)22-8-5-14(6-9-22)23-17-19-10-13(3)11-20-17/h4,7,10-12,14H,5-6,8-9H2,1-3H3. The number of ether oxygens (including phenoxy) is 1. The van der Waals surface area contributed by atoms with Crippen molar-refractivity contribution in [1.29, 1.82) is 0 Å². The molecule has 122 valence electrons. The fraction of sp³-hybridized carbons (Fsp3) is 0.529. The number of aryl methyl sites for hydroxylation is 1. The van der Waals surface area contributed by atoms with E-state index in [4.69, 9.17) is 4.74 Å². The van der Waals surface area contributed by atoms with Gasteiger partial charge in [-0.25, -0.2) is 19.9 Å². The fourth-order valence-corrected chi connectivity index (χ4v) is 2.61. The molecule has 0 bridgehead atoms. The number of hydrogen-bond donors (Lipinski definition) is 0. The molecule has 0 amide bonds. The first kappa shape index (κ1) is 15.6. The van der Waals surface area contributed by atoms with E-state index in [1.807, 2.05) is 19.2 Å². The van der Waals surface area contributed by atoms with Gasteiger partial charge in [0.1, 0.15) is 17.7 Å². The maximum absolute atomic E-state index is 5.87. The van der Waals surface area contributed by atoms with Gasteiger partial charge in [0.05, 0.1) is 0 Å². The third-order valence-corrected chi connectivity index (χ3v) is 3.97. The predicted octanol–water partition coefficient (Wildman–Crippen LogP) is 2.75. The predicted molar refractivity (Wildman–Crippen MR) is 88.8 cm³/mol. The Balaban J connectivity index is 1.58. The Labute approximate surface area is 137 Å². The van der Waals surface area contributed by atoms with Gasteiger partial charge in [-0.3, -0.25) is 0 Å². The van der Waals surface area contributed by atoms with Crippen LogP contribution in [0.5, 0.6) is 6.01 Å². The first-order valence-electron chi connectivity index (χ1n) is 8.15. The number of nitrogens with zero attached hydrogens (tertiary/aromatic N) is 5. The summed E-state index contributed by atoms with van der Waals surface area (Å²) >= 11 is 0. The summed E-state index contributed by atoms with van der Waals surface area (Å²) in [6.07, 6.45) is 7.47. The molecule has 1 aliphatic rings. The minimum atomic E-state index is 0.167. The van der Waals surface area contributed by atoms with Crippen LogP contribution < -0.4 is 9.64 Å². The van der Waals surface area contributed by atoms with Gasteiger partial charge in [-0.2, -0.15) is 0 Å². The van der Waals surface area contributed by atoms with E-state index in [9.17, 15) is 0 Å². The quantitative estimate of drug-likeness (QED) is 0.865. The lowest BCUT2D eigenvalue weighted by Gasteiger charge is -2.32. The summed E-state index contributed by atoms with van der Waals surface area (Å²) in [5, 5.41) is 0. The molecule has 1 aliphatic heterocycles. The van der Waals surface area contributed by atoms with Crippen LogP contribution in [0.15, 0.2) is 24.7 Å². The molecule has 0 atom stereocenters. The molecule has 3 heterocycles. The minimum absolute atomic E-state index is 0.167. The van der Waals surface area contributed by atoms with Crippen LogP contribution in [-0.2, 0) is 0 Å². The summed E-state index contributed by atoms with van der Waals surface area (Å²) in [5.41, 5.74) is 1.04. The summed E-state index contributed by atoms with van der Waals surface area (Å²) in [7, 11) is 0. The van der Waals surface area contributed by atoms with Crippen molar-refractivity contribution in [2.45, 2.75) is 45.6 Å². The van der Waals surface area contributed by atoms with Gasteiger partial charge >= 0.3 is 6.01 Å². The molecule has 0 radical (unpaired) electrons. The van der Waals surface area contributed by atoms with Crippen LogP contribution in [0.2, 0.25) is 0 Å². The molecule has 6 nitrogen and oxygen atoms in total. The molecule has 0 aromatic carbocycles. The summed E-state index contributed by atoms with van der Waals surface area (Å²) in [5.74, 6) is 2.25. The average Bonchev–Trinajstić information content (AvgIpc) is 2.58. The van der Waals surface area contributed by atoms with Crippen molar-refractivity contribution in [2.24, 2.45) is 0 Å². The van der Waals surface area contributed by atoms with Crippen molar-refractivity contribution >= 4 is 5.82 Å². The normalized spacial score (nSPS) is 15.9. The lowest BCUT2D eigenvalue weighted by atomic mass is 10.1. The highest BCUT2D eigenvalue weighted by Gasteiger charge is 2.22. The number of anilines is 1. The van der Waals surface area contributed by atoms with Crippen molar-refractivity contribution in [1.82, 2.24) is 19.9 Å². The molecule has 2 aromatic rings. The van der Waals surface area contributed by atoms with Crippen LogP contribution in [-0.4, -0.2) is 39.1 Å². The summed E-state index contributed by atoms with van der Waals surface area (Å²) < 4.78 is 5.87. The zero-order valence-electron chi connectivity index (χ0n) is 13.9. The molecule has 0 saturated carbocycles. The van der Waals surface area contributed by atoms with Crippen LogP contribution >= 0.6 is 0 Å². The molecule has 0 unspecified atom stereocenters. The lowest BCUT2D eigenvalue weighted by Crippen LogP contribution is -2.39. The van der Waals surface area contributed by atoms with Crippen LogP contribution in [0, 0.1) is 6.92 Å². The van der Waals surface area contributed by atoms with Crippen LogP contribution in [0.25, 0.3) is 0 Å². The van der Waals surface area contributed by atoms with Crippen molar-refractivity contribution in [2.75, 3.05) is 18.0 Å². The lowest BCUT2D eigenvalue weighted by molar-refractivity contribution is 0.156. The van der Waals surface area contributed by atoms with Crippen molar-refractivity contribution in [3.63, 3.8) is 0 Å². The Bertz CT molecular complexity index is 636. The zero-order valence-corrected chi connectivity index (χ0v) is 13.9. The van der Waals surface area contributed by atoms with Gasteiger partial charge in [-0.1, -0.05) is 13.8 Å². The number of rotatable bonds is 4. The number of hydrogen-bond acceptors (Lipinski definition) is 6. The second-order valence-electron chi connectivity index (χ2n) is 6.27. The Morgan fingerprint density at radius 2 is 1.83 bits per heavy atom. The Hall–Kier alpha value is -2.24. The van der Waals surface area contributed by atoms with Gasteiger partial charge in [0, 0.05) is 50.4 Å². The first-order valence-corrected chi connectivity index (χ1v) is 8.15.